The lowest BCUT2D eigenvalue weighted by atomic mass is 10.3. The molecule has 0 atom stereocenters. The maximum atomic E-state index is 5.50. The van der Waals surface area contributed by atoms with Crippen molar-refractivity contribution in [3.63, 3.8) is 0 Å². The summed E-state index contributed by atoms with van der Waals surface area (Å²) >= 11 is 1.48. The molecule has 0 radical (unpaired) electrons. The van der Waals surface area contributed by atoms with E-state index in [0.717, 1.165) is 17.2 Å². The molecule has 0 bridgehead atoms. The summed E-state index contributed by atoms with van der Waals surface area (Å²) in [6.45, 7) is 6.69. The van der Waals surface area contributed by atoms with Crippen molar-refractivity contribution in [2.45, 2.75) is 26.8 Å². The van der Waals surface area contributed by atoms with Crippen LogP contribution in [0.5, 0.6) is 5.88 Å². The fourth-order valence-electron chi connectivity index (χ4n) is 2.46. The van der Waals surface area contributed by atoms with Crippen molar-refractivity contribution in [2.24, 2.45) is 0 Å². The molecule has 0 aromatic carbocycles. The van der Waals surface area contributed by atoms with Crippen molar-refractivity contribution in [2.75, 3.05) is 17.6 Å². The smallest absolute Gasteiger partial charge is 0.213 e. The van der Waals surface area contributed by atoms with Crippen LogP contribution in [0.2, 0.25) is 0 Å². The van der Waals surface area contributed by atoms with Gasteiger partial charge in [0.15, 0.2) is 22.9 Å². The number of fused-ring (bicyclic) bond motifs is 1. The van der Waals surface area contributed by atoms with Gasteiger partial charge in [0.1, 0.15) is 5.69 Å². The van der Waals surface area contributed by atoms with Crippen LogP contribution in [0.4, 0.5) is 5.82 Å². The van der Waals surface area contributed by atoms with Crippen molar-refractivity contribution in [1.29, 1.82) is 0 Å². The monoisotopic (exact) mass is 344 g/mol. The lowest BCUT2D eigenvalue weighted by molar-refractivity contribution is 0.327. The summed E-state index contributed by atoms with van der Waals surface area (Å²) in [5.41, 5.74) is 2.09. The number of imidazole rings is 1. The zero-order chi connectivity index (χ0) is 17.1. The Morgan fingerprint density at radius 1 is 1.25 bits per heavy atom. The van der Waals surface area contributed by atoms with E-state index in [1.54, 1.807) is 6.20 Å². The van der Waals surface area contributed by atoms with E-state index in [1.165, 1.54) is 11.9 Å². The van der Waals surface area contributed by atoms with Crippen molar-refractivity contribution in [3.05, 3.63) is 24.4 Å². The van der Waals surface area contributed by atoms with Crippen molar-refractivity contribution >= 4 is 29.1 Å². The summed E-state index contributed by atoms with van der Waals surface area (Å²) < 4.78 is 10.7. The van der Waals surface area contributed by atoms with Gasteiger partial charge in [0, 0.05) is 18.4 Å². The Bertz CT molecular complexity index is 848. The molecule has 7 nitrogen and oxygen atoms in total. The van der Waals surface area contributed by atoms with Crippen LogP contribution in [0.3, 0.4) is 0 Å². The van der Waals surface area contributed by atoms with Crippen LogP contribution in [0, 0.1) is 0 Å². The summed E-state index contributed by atoms with van der Waals surface area (Å²) in [5, 5.41) is 0. The zero-order valence-corrected chi connectivity index (χ0v) is 15.0. The second kappa shape index (κ2) is 7.04. The van der Waals surface area contributed by atoms with Gasteiger partial charge in [0.25, 0.3) is 0 Å². The van der Waals surface area contributed by atoms with Gasteiger partial charge in [0.05, 0.1) is 12.8 Å². The van der Waals surface area contributed by atoms with Gasteiger partial charge in [-0.15, -0.1) is 0 Å². The average molecular weight is 344 g/mol. The van der Waals surface area contributed by atoms with E-state index in [2.05, 4.69) is 38.5 Å². The molecule has 0 aliphatic carbocycles. The fraction of sp³-hybridized carbons (Fsp3) is 0.375. The van der Waals surface area contributed by atoms with Crippen molar-refractivity contribution in [3.8, 4) is 17.4 Å². The summed E-state index contributed by atoms with van der Waals surface area (Å²) in [7, 11) is 0. The van der Waals surface area contributed by atoms with Gasteiger partial charge in [-0.25, -0.2) is 19.9 Å². The number of pyridine rings is 1. The maximum Gasteiger partial charge on any atom is 0.213 e. The minimum Gasteiger partial charge on any atom is -0.478 e. The second-order valence-electron chi connectivity index (χ2n) is 5.40. The first-order valence-electron chi connectivity index (χ1n) is 7.78. The number of hydrogen-bond acceptors (Lipinski definition) is 7. The van der Waals surface area contributed by atoms with E-state index in [1.807, 2.05) is 35.9 Å². The molecule has 0 unspecified atom stereocenters. The molecule has 0 aliphatic rings. The quantitative estimate of drug-likeness (QED) is 0.685. The molecule has 8 heteroatoms. The topological polar surface area (TPSA) is 77.8 Å². The molecular weight excluding hydrogens is 324 g/mol. The Kier molecular flexibility index (Phi) is 4.84. The van der Waals surface area contributed by atoms with Gasteiger partial charge in [-0.1, -0.05) is 18.0 Å². The number of ether oxygens (including phenoxy) is 1. The third-order valence-corrected chi connectivity index (χ3v) is 3.78. The molecule has 0 amide bonds. The second-order valence-corrected chi connectivity index (χ2v) is 6.01. The molecule has 3 aromatic rings. The molecular formula is C16H20N6OS. The Morgan fingerprint density at radius 3 is 2.79 bits per heavy atom. The highest BCUT2D eigenvalue weighted by Gasteiger charge is 2.19. The summed E-state index contributed by atoms with van der Waals surface area (Å²) in [6.07, 6.45) is 3.63. The molecule has 3 aromatic heterocycles. The van der Waals surface area contributed by atoms with Crippen LogP contribution in [0.25, 0.3) is 22.8 Å². The van der Waals surface area contributed by atoms with Crippen LogP contribution in [-0.2, 0) is 0 Å². The van der Waals surface area contributed by atoms with E-state index < -0.39 is 0 Å². The van der Waals surface area contributed by atoms with Crippen LogP contribution < -0.4 is 9.46 Å². The number of anilines is 1. The summed E-state index contributed by atoms with van der Waals surface area (Å²) in [6, 6.07) is 5.84. The highest BCUT2D eigenvalue weighted by atomic mass is 32.2. The first kappa shape index (κ1) is 16.5. The largest absolute Gasteiger partial charge is 0.478 e. The third kappa shape index (κ3) is 3.14. The lowest BCUT2D eigenvalue weighted by Gasteiger charge is -2.12. The highest BCUT2D eigenvalue weighted by Crippen LogP contribution is 2.27. The lowest BCUT2D eigenvalue weighted by Crippen LogP contribution is -2.06. The number of rotatable bonds is 6. The predicted molar refractivity (Wildman–Crippen MR) is 97.2 cm³/mol. The average Bonchev–Trinajstić information content (AvgIpc) is 2.95. The Morgan fingerprint density at radius 2 is 2.08 bits per heavy atom. The van der Waals surface area contributed by atoms with E-state index in [9.17, 15) is 0 Å². The third-order valence-electron chi connectivity index (χ3n) is 3.37. The molecule has 3 rings (SSSR count). The first-order valence-corrected chi connectivity index (χ1v) is 9.00. The maximum absolute atomic E-state index is 5.50. The normalized spacial score (nSPS) is 11.2. The molecule has 0 spiro atoms. The fourth-order valence-corrected chi connectivity index (χ4v) is 2.77. The molecule has 126 valence electrons. The minimum atomic E-state index is 0.168. The van der Waals surface area contributed by atoms with Gasteiger partial charge in [0.2, 0.25) is 5.88 Å². The highest BCUT2D eigenvalue weighted by molar-refractivity contribution is 7.99. The molecule has 3 heterocycles. The number of nitrogens with zero attached hydrogens (tertiary/aromatic N) is 5. The Labute approximate surface area is 145 Å². The predicted octanol–water partition coefficient (Wildman–Crippen LogP) is 3.56. The molecule has 0 aliphatic heterocycles. The van der Waals surface area contributed by atoms with Gasteiger partial charge in [-0.3, -0.25) is 0 Å². The van der Waals surface area contributed by atoms with E-state index in [-0.39, 0.29) is 6.04 Å². The van der Waals surface area contributed by atoms with Crippen LogP contribution in [0.15, 0.2) is 24.4 Å². The minimum absolute atomic E-state index is 0.168. The van der Waals surface area contributed by atoms with Gasteiger partial charge in [-0.05, 0) is 26.8 Å². The van der Waals surface area contributed by atoms with Crippen LogP contribution in [0.1, 0.15) is 26.8 Å². The zero-order valence-electron chi connectivity index (χ0n) is 14.1. The van der Waals surface area contributed by atoms with E-state index in [0.29, 0.717) is 24.0 Å². The van der Waals surface area contributed by atoms with Crippen LogP contribution >= 0.6 is 11.9 Å². The van der Waals surface area contributed by atoms with Crippen molar-refractivity contribution in [1.82, 2.24) is 24.5 Å². The van der Waals surface area contributed by atoms with E-state index >= 15 is 0 Å². The molecule has 0 fully saturated rings. The summed E-state index contributed by atoms with van der Waals surface area (Å²) in [4.78, 5) is 18.2. The molecule has 24 heavy (non-hydrogen) atoms. The SMILES string of the molecule is CCOc1cccc(-c2nc3ncc(NSC)nc3n2C(C)C)n1. The standard InChI is InChI=1S/C16H20N6OS/c1-5-23-13-8-6-7-11(18-13)15-20-14-16(22(15)10(2)3)19-12(9-17-14)21-24-4/h6-10H,5H2,1-4H3,(H,19,21). The summed E-state index contributed by atoms with van der Waals surface area (Å²) in [5.74, 6) is 2.03. The number of nitrogens with one attached hydrogen (secondary N) is 1. The van der Waals surface area contributed by atoms with Crippen LogP contribution in [-0.4, -0.2) is 37.4 Å². The Hall–Kier alpha value is -2.35. The van der Waals surface area contributed by atoms with Gasteiger partial charge < -0.3 is 14.0 Å². The number of hydrogen-bond donors (Lipinski definition) is 1. The molecule has 1 N–H and O–H groups in total. The molecule has 0 saturated carbocycles. The van der Waals surface area contributed by atoms with Gasteiger partial charge >= 0.3 is 0 Å². The van der Waals surface area contributed by atoms with Gasteiger partial charge in [-0.2, -0.15) is 0 Å². The molecule has 0 saturated heterocycles. The number of aromatic nitrogens is 5. The first-order chi connectivity index (χ1) is 11.6. The van der Waals surface area contributed by atoms with Crippen molar-refractivity contribution < 1.29 is 4.74 Å². The Balaban J connectivity index is 2.16. The van der Waals surface area contributed by atoms with E-state index in [4.69, 9.17) is 4.74 Å².